The number of esters is 1. The van der Waals surface area contributed by atoms with Gasteiger partial charge in [0.1, 0.15) is 12.2 Å². The van der Waals surface area contributed by atoms with Crippen LogP contribution in [0.3, 0.4) is 0 Å². The van der Waals surface area contributed by atoms with Crippen LogP contribution in [0, 0.1) is 0 Å². The van der Waals surface area contributed by atoms with Crippen molar-refractivity contribution in [1.82, 2.24) is 0 Å². The number of aliphatic hydroxyl groups is 4. The van der Waals surface area contributed by atoms with Gasteiger partial charge in [-0.05, 0) is 0 Å². The molecule has 0 aliphatic carbocycles. The summed E-state index contributed by atoms with van der Waals surface area (Å²) in [5, 5.41) is 35.3. The minimum Gasteiger partial charge on any atom is -0.455 e. The molecule has 6 nitrogen and oxygen atoms in total. The second-order valence-corrected chi connectivity index (χ2v) is 2.59. The third-order valence-electron chi connectivity index (χ3n) is 1.72. The van der Waals surface area contributed by atoms with Crippen molar-refractivity contribution in [3.63, 3.8) is 0 Å². The average molecular weight is 178 g/mol. The van der Waals surface area contributed by atoms with Crippen molar-refractivity contribution in [3.05, 3.63) is 0 Å². The first kappa shape index (κ1) is 9.40. The topological polar surface area (TPSA) is 107 Å². The smallest absolute Gasteiger partial charge is 0.338 e. The van der Waals surface area contributed by atoms with E-state index in [1.165, 1.54) is 0 Å². The summed E-state index contributed by atoms with van der Waals surface area (Å²) in [6.45, 7) is -0.637. The number of hydrogen-bond donors (Lipinski definition) is 4. The molecule has 0 saturated carbocycles. The van der Waals surface area contributed by atoms with Crippen LogP contribution in [0.4, 0.5) is 0 Å². The molecule has 1 heterocycles. The molecule has 0 radical (unpaired) electrons. The lowest BCUT2D eigenvalue weighted by Gasteiger charge is -2.17. The Labute approximate surface area is 68.0 Å². The maximum atomic E-state index is 10.6. The van der Waals surface area contributed by atoms with Crippen LogP contribution in [-0.4, -0.2) is 57.4 Å². The zero-order valence-electron chi connectivity index (χ0n) is 6.12. The second kappa shape index (κ2) is 3.36. The van der Waals surface area contributed by atoms with Crippen LogP contribution in [0.15, 0.2) is 0 Å². The summed E-state index contributed by atoms with van der Waals surface area (Å²) in [4.78, 5) is 10.6. The van der Waals surface area contributed by atoms with Crippen molar-refractivity contribution in [2.75, 3.05) is 6.61 Å². The molecule has 12 heavy (non-hydrogen) atoms. The summed E-state index contributed by atoms with van der Waals surface area (Å²) < 4.78 is 4.39. The molecule has 1 unspecified atom stereocenters. The van der Waals surface area contributed by atoms with Crippen molar-refractivity contribution in [2.24, 2.45) is 0 Å². The van der Waals surface area contributed by atoms with Gasteiger partial charge in [-0.25, -0.2) is 4.79 Å². The Hall–Kier alpha value is -0.690. The summed E-state index contributed by atoms with van der Waals surface area (Å²) >= 11 is 0. The van der Waals surface area contributed by atoms with E-state index in [-0.39, 0.29) is 0 Å². The van der Waals surface area contributed by atoms with E-state index in [2.05, 4.69) is 4.74 Å². The minimum absolute atomic E-state index is 0.637. The highest BCUT2D eigenvalue weighted by molar-refractivity contribution is 5.77. The van der Waals surface area contributed by atoms with Crippen molar-refractivity contribution in [3.8, 4) is 0 Å². The molecule has 0 aromatic carbocycles. The van der Waals surface area contributed by atoms with Gasteiger partial charge in [0.2, 0.25) is 0 Å². The van der Waals surface area contributed by atoms with E-state index in [1.807, 2.05) is 0 Å². The number of carbonyl (C=O) groups excluding carboxylic acids is 1. The van der Waals surface area contributed by atoms with Crippen molar-refractivity contribution < 1.29 is 30.0 Å². The molecule has 0 spiro atoms. The van der Waals surface area contributed by atoms with Crippen LogP contribution < -0.4 is 0 Å². The fourth-order valence-corrected chi connectivity index (χ4v) is 1.00. The third-order valence-corrected chi connectivity index (χ3v) is 1.72. The van der Waals surface area contributed by atoms with Crippen LogP contribution in [0.5, 0.6) is 0 Å². The first-order chi connectivity index (χ1) is 5.57. The molecule has 0 bridgehead atoms. The SMILES string of the molecule is O=C1O[C@H]([C@@H](O)CO)C(O)[C@@H]1O. The normalized spacial score (nSPS) is 38.0. The molecular formula is C6H10O6. The van der Waals surface area contributed by atoms with Gasteiger partial charge in [-0.2, -0.15) is 0 Å². The van der Waals surface area contributed by atoms with Crippen molar-refractivity contribution in [1.29, 1.82) is 0 Å². The highest BCUT2D eigenvalue weighted by Crippen LogP contribution is 2.18. The van der Waals surface area contributed by atoms with E-state index in [1.54, 1.807) is 0 Å². The monoisotopic (exact) mass is 178 g/mol. The van der Waals surface area contributed by atoms with E-state index >= 15 is 0 Å². The molecule has 1 fully saturated rings. The molecule has 1 aliphatic rings. The fraction of sp³-hybridized carbons (Fsp3) is 0.833. The van der Waals surface area contributed by atoms with E-state index in [9.17, 15) is 4.79 Å². The first-order valence-electron chi connectivity index (χ1n) is 3.43. The van der Waals surface area contributed by atoms with E-state index in [4.69, 9.17) is 20.4 Å². The number of hydrogen-bond acceptors (Lipinski definition) is 6. The highest BCUT2D eigenvalue weighted by Gasteiger charge is 2.45. The van der Waals surface area contributed by atoms with Gasteiger partial charge >= 0.3 is 5.97 Å². The number of aliphatic hydroxyl groups excluding tert-OH is 4. The fourth-order valence-electron chi connectivity index (χ4n) is 1.00. The number of carbonyl (C=O) groups is 1. The van der Waals surface area contributed by atoms with Gasteiger partial charge < -0.3 is 25.2 Å². The summed E-state index contributed by atoms with van der Waals surface area (Å²) in [5.41, 5.74) is 0. The molecule has 4 N–H and O–H groups in total. The van der Waals surface area contributed by atoms with Gasteiger partial charge in [-0.1, -0.05) is 0 Å². The van der Waals surface area contributed by atoms with Crippen LogP contribution in [-0.2, 0) is 9.53 Å². The Morgan fingerprint density at radius 3 is 2.42 bits per heavy atom. The van der Waals surface area contributed by atoms with Crippen LogP contribution in [0.2, 0.25) is 0 Å². The van der Waals surface area contributed by atoms with E-state index < -0.39 is 37.0 Å². The summed E-state index contributed by atoms with van der Waals surface area (Å²) in [6, 6.07) is 0. The molecule has 1 rings (SSSR count). The van der Waals surface area contributed by atoms with Gasteiger partial charge in [0.15, 0.2) is 12.2 Å². The molecule has 6 heteroatoms. The zero-order chi connectivity index (χ0) is 9.30. The minimum atomic E-state index is -1.63. The van der Waals surface area contributed by atoms with Crippen LogP contribution in [0.25, 0.3) is 0 Å². The van der Waals surface area contributed by atoms with Gasteiger partial charge in [-0.15, -0.1) is 0 Å². The highest BCUT2D eigenvalue weighted by atomic mass is 16.6. The van der Waals surface area contributed by atoms with Gasteiger partial charge in [0, 0.05) is 0 Å². The maximum Gasteiger partial charge on any atom is 0.338 e. The van der Waals surface area contributed by atoms with Crippen molar-refractivity contribution in [2.45, 2.75) is 24.4 Å². The lowest BCUT2D eigenvalue weighted by atomic mass is 10.1. The zero-order valence-corrected chi connectivity index (χ0v) is 6.12. The number of rotatable bonds is 2. The Balaban J connectivity index is 2.64. The lowest BCUT2D eigenvalue weighted by molar-refractivity contribution is -0.151. The predicted molar refractivity (Wildman–Crippen MR) is 35.0 cm³/mol. The predicted octanol–water partition coefficient (Wildman–Crippen LogP) is -3.01. The quantitative estimate of drug-likeness (QED) is 0.335. The second-order valence-electron chi connectivity index (χ2n) is 2.59. The van der Waals surface area contributed by atoms with Gasteiger partial charge in [-0.3, -0.25) is 0 Å². The number of ether oxygens (including phenoxy) is 1. The Morgan fingerprint density at radius 2 is 2.08 bits per heavy atom. The standard InChI is InChI=1S/C6H10O6/c7-1-2(8)5-3(9)4(10)6(11)12-5/h2-5,7-10H,1H2/t2-,3?,4-,5+/m0/s1. The molecule has 1 saturated heterocycles. The molecular weight excluding hydrogens is 168 g/mol. The molecule has 1 aliphatic heterocycles. The summed E-state index contributed by atoms with van der Waals surface area (Å²) in [7, 11) is 0. The molecule has 0 aromatic rings. The summed E-state index contributed by atoms with van der Waals surface area (Å²) in [5.74, 6) is -0.986. The Morgan fingerprint density at radius 1 is 1.50 bits per heavy atom. The molecule has 0 amide bonds. The maximum absolute atomic E-state index is 10.6. The van der Waals surface area contributed by atoms with E-state index in [0.717, 1.165) is 0 Å². The largest absolute Gasteiger partial charge is 0.455 e. The van der Waals surface area contributed by atoms with Gasteiger partial charge in [0.05, 0.1) is 6.61 Å². The van der Waals surface area contributed by atoms with Crippen LogP contribution >= 0.6 is 0 Å². The molecule has 4 atom stereocenters. The molecule has 70 valence electrons. The first-order valence-corrected chi connectivity index (χ1v) is 3.43. The van der Waals surface area contributed by atoms with Crippen molar-refractivity contribution >= 4 is 5.97 Å². The van der Waals surface area contributed by atoms with E-state index in [0.29, 0.717) is 0 Å². The summed E-state index contributed by atoms with van der Waals surface area (Å²) in [6.07, 6.45) is -5.70. The lowest BCUT2D eigenvalue weighted by Crippen LogP contribution is -2.40. The van der Waals surface area contributed by atoms with Gasteiger partial charge in [0.25, 0.3) is 0 Å². The molecule has 0 aromatic heterocycles. The third kappa shape index (κ3) is 1.42. The number of cyclic esters (lactones) is 1. The Bertz CT molecular complexity index is 181. The average Bonchev–Trinajstić information content (AvgIpc) is 2.32. The Kier molecular flexibility index (Phi) is 2.63. The van der Waals surface area contributed by atoms with Crippen LogP contribution in [0.1, 0.15) is 0 Å².